The van der Waals surface area contributed by atoms with E-state index in [0.717, 1.165) is 4.47 Å². The van der Waals surface area contributed by atoms with E-state index in [-0.39, 0.29) is 17.1 Å². The fraction of sp³-hybridized carbons (Fsp3) is 0.500. The molecular formula is C14H20BrNO2. The lowest BCUT2D eigenvalue weighted by molar-refractivity contribution is 0.0934. The molecule has 0 saturated carbocycles. The summed E-state index contributed by atoms with van der Waals surface area (Å²) in [6.07, 6.45) is 0. The second kappa shape index (κ2) is 5.74. The lowest BCUT2D eigenvalue weighted by Gasteiger charge is -2.27. The third-order valence-corrected chi connectivity index (χ3v) is 3.74. The molecule has 0 bridgehead atoms. The molecule has 0 fully saturated rings. The number of aromatic hydroxyl groups is 1. The van der Waals surface area contributed by atoms with Crippen LogP contribution in [-0.4, -0.2) is 17.6 Å². The lowest BCUT2D eigenvalue weighted by atomic mass is 9.82. The predicted octanol–water partition coefficient (Wildman–Crippen LogP) is 3.57. The molecule has 1 rings (SSSR count). The van der Waals surface area contributed by atoms with Gasteiger partial charge in [-0.3, -0.25) is 4.79 Å². The maximum atomic E-state index is 11.9. The van der Waals surface area contributed by atoms with Gasteiger partial charge in [0.25, 0.3) is 5.91 Å². The van der Waals surface area contributed by atoms with E-state index in [0.29, 0.717) is 18.0 Å². The van der Waals surface area contributed by atoms with Crippen LogP contribution in [0.15, 0.2) is 22.7 Å². The number of phenols is 1. The number of hydrogen-bond donors (Lipinski definition) is 2. The van der Waals surface area contributed by atoms with Gasteiger partial charge in [-0.2, -0.15) is 0 Å². The molecule has 1 amide bonds. The molecule has 0 spiro atoms. The summed E-state index contributed by atoms with van der Waals surface area (Å²) in [4.78, 5) is 11.9. The average Bonchev–Trinajstić information content (AvgIpc) is 2.24. The molecule has 18 heavy (non-hydrogen) atoms. The van der Waals surface area contributed by atoms with Gasteiger partial charge in [0.1, 0.15) is 5.75 Å². The van der Waals surface area contributed by atoms with Gasteiger partial charge in [0, 0.05) is 11.0 Å². The summed E-state index contributed by atoms with van der Waals surface area (Å²) in [6, 6.07) is 4.86. The van der Waals surface area contributed by atoms with Crippen LogP contribution in [0.5, 0.6) is 5.75 Å². The van der Waals surface area contributed by atoms with E-state index in [2.05, 4.69) is 48.9 Å². The maximum Gasteiger partial charge on any atom is 0.255 e. The first kappa shape index (κ1) is 15.0. The van der Waals surface area contributed by atoms with Crippen LogP contribution in [0.25, 0.3) is 0 Å². The Labute approximate surface area is 117 Å². The Hall–Kier alpha value is -1.03. The minimum atomic E-state index is -0.240. The Bertz CT molecular complexity index is 438. The van der Waals surface area contributed by atoms with Gasteiger partial charge in [0.2, 0.25) is 0 Å². The first-order valence-corrected chi connectivity index (χ1v) is 6.78. The topological polar surface area (TPSA) is 49.3 Å². The van der Waals surface area contributed by atoms with Gasteiger partial charge in [-0.1, -0.05) is 43.6 Å². The van der Waals surface area contributed by atoms with Crippen molar-refractivity contribution < 1.29 is 9.90 Å². The Morgan fingerprint density at radius 3 is 2.56 bits per heavy atom. The van der Waals surface area contributed by atoms with Gasteiger partial charge in [-0.05, 0) is 29.5 Å². The van der Waals surface area contributed by atoms with Gasteiger partial charge < -0.3 is 10.4 Å². The van der Waals surface area contributed by atoms with E-state index in [1.54, 1.807) is 12.1 Å². The third kappa shape index (κ3) is 4.02. The highest BCUT2D eigenvalue weighted by Gasteiger charge is 2.21. The number of nitrogens with one attached hydrogen (secondary N) is 1. The van der Waals surface area contributed by atoms with Crippen molar-refractivity contribution in [2.24, 2.45) is 11.3 Å². The van der Waals surface area contributed by atoms with Gasteiger partial charge in [-0.15, -0.1) is 0 Å². The number of benzene rings is 1. The van der Waals surface area contributed by atoms with E-state index in [9.17, 15) is 9.90 Å². The molecule has 1 aromatic rings. The highest BCUT2D eigenvalue weighted by molar-refractivity contribution is 9.10. The summed E-state index contributed by atoms with van der Waals surface area (Å²) >= 11 is 3.24. The van der Waals surface area contributed by atoms with Gasteiger partial charge >= 0.3 is 0 Å². The van der Waals surface area contributed by atoms with Crippen molar-refractivity contribution in [1.82, 2.24) is 5.32 Å². The van der Waals surface area contributed by atoms with Crippen molar-refractivity contribution in [2.75, 3.05) is 6.54 Å². The van der Waals surface area contributed by atoms with Crippen molar-refractivity contribution in [2.45, 2.75) is 27.7 Å². The highest BCUT2D eigenvalue weighted by atomic mass is 79.9. The fourth-order valence-electron chi connectivity index (χ4n) is 1.34. The summed E-state index contributed by atoms with van der Waals surface area (Å²) in [5.74, 6) is 0.112. The molecule has 1 atom stereocenters. The number of amides is 1. The number of carbonyl (C=O) groups excluding carboxylic acids is 1. The van der Waals surface area contributed by atoms with Gasteiger partial charge in [0.05, 0.1) is 5.56 Å². The van der Waals surface area contributed by atoms with Crippen molar-refractivity contribution in [3.8, 4) is 5.75 Å². The number of carbonyl (C=O) groups is 1. The Morgan fingerprint density at radius 1 is 1.44 bits per heavy atom. The van der Waals surface area contributed by atoms with Gasteiger partial charge in [-0.25, -0.2) is 0 Å². The van der Waals surface area contributed by atoms with E-state index in [4.69, 9.17) is 0 Å². The SMILES string of the molecule is CC(CNC(=O)c1ccc(Br)cc1O)C(C)(C)C. The molecular weight excluding hydrogens is 294 g/mol. The molecule has 0 radical (unpaired) electrons. The Kier molecular flexibility index (Phi) is 4.79. The molecule has 3 nitrogen and oxygen atoms in total. The van der Waals surface area contributed by atoms with Crippen molar-refractivity contribution in [3.05, 3.63) is 28.2 Å². The number of rotatable bonds is 3. The predicted molar refractivity (Wildman–Crippen MR) is 76.8 cm³/mol. The van der Waals surface area contributed by atoms with Crippen molar-refractivity contribution in [1.29, 1.82) is 0 Å². The van der Waals surface area contributed by atoms with Crippen LogP contribution in [0, 0.1) is 11.3 Å². The first-order valence-electron chi connectivity index (χ1n) is 5.98. The second-order valence-corrected chi connectivity index (χ2v) is 6.55. The molecule has 1 aromatic carbocycles. The fourth-order valence-corrected chi connectivity index (χ4v) is 1.69. The Morgan fingerprint density at radius 2 is 2.06 bits per heavy atom. The molecule has 100 valence electrons. The van der Waals surface area contributed by atoms with E-state index in [1.807, 2.05) is 0 Å². The number of hydrogen-bond acceptors (Lipinski definition) is 2. The van der Waals surface area contributed by atoms with Crippen LogP contribution in [0.1, 0.15) is 38.1 Å². The summed E-state index contributed by atoms with van der Waals surface area (Å²) in [7, 11) is 0. The molecule has 0 aliphatic rings. The third-order valence-electron chi connectivity index (χ3n) is 3.25. The molecule has 1 unspecified atom stereocenters. The highest BCUT2D eigenvalue weighted by Crippen LogP contribution is 2.25. The number of phenolic OH excluding ortho intramolecular Hbond substituents is 1. The zero-order valence-corrected chi connectivity index (χ0v) is 12.8. The summed E-state index contributed by atoms with van der Waals surface area (Å²) in [5, 5.41) is 12.5. The molecule has 0 aromatic heterocycles. The smallest absolute Gasteiger partial charge is 0.255 e. The van der Waals surface area contributed by atoms with Crippen LogP contribution in [0.2, 0.25) is 0 Å². The second-order valence-electron chi connectivity index (χ2n) is 5.64. The molecule has 0 aliphatic carbocycles. The standard InChI is InChI=1S/C14H20BrNO2/c1-9(14(2,3)4)8-16-13(18)11-6-5-10(15)7-12(11)17/h5-7,9,17H,8H2,1-4H3,(H,16,18). The largest absolute Gasteiger partial charge is 0.507 e. The molecule has 0 heterocycles. The van der Waals surface area contributed by atoms with Crippen LogP contribution >= 0.6 is 15.9 Å². The lowest BCUT2D eigenvalue weighted by Crippen LogP contribution is -2.33. The minimum absolute atomic E-state index is 0.00899. The summed E-state index contributed by atoms with van der Waals surface area (Å²) in [5.41, 5.74) is 0.453. The average molecular weight is 314 g/mol. The van der Waals surface area contributed by atoms with E-state index < -0.39 is 0 Å². The van der Waals surface area contributed by atoms with Crippen LogP contribution in [0.4, 0.5) is 0 Å². The molecule has 2 N–H and O–H groups in total. The summed E-state index contributed by atoms with van der Waals surface area (Å²) in [6.45, 7) is 9.11. The molecule has 0 aliphatic heterocycles. The van der Waals surface area contributed by atoms with E-state index >= 15 is 0 Å². The minimum Gasteiger partial charge on any atom is -0.507 e. The Balaban J connectivity index is 2.66. The summed E-state index contributed by atoms with van der Waals surface area (Å²) < 4.78 is 0.750. The maximum absolute atomic E-state index is 11.9. The van der Waals surface area contributed by atoms with E-state index in [1.165, 1.54) is 6.07 Å². The van der Waals surface area contributed by atoms with Crippen LogP contribution in [-0.2, 0) is 0 Å². The zero-order chi connectivity index (χ0) is 13.9. The molecule has 0 saturated heterocycles. The zero-order valence-electron chi connectivity index (χ0n) is 11.2. The first-order chi connectivity index (χ1) is 8.21. The normalized spacial score (nSPS) is 13.2. The quantitative estimate of drug-likeness (QED) is 0.896. The van der Waals surface area contributed by atoms with Gasteiger partial charge in [0.15, 0.2) is 0 Å². The van der Waals surface area contributed by atoms with Crippen molar-refractivity contribution in [3.63, 3.8) is 0 Å². The van der Waals surface area contributed by atoms with Crippen LogP contribution in [0.3, 0.4) is 0 Å². The number of halogens is 1. The molecule has 4 heteroatoms. The van der Waals surface area contributed by atoms with Crippen LogP contribution < -0.4 is 5.32 Å². The van der Waals surface area contributed by atoms with Crippen molar-refractivity contribution >= 4 is 21.8 Å². The monoisotopic (exact) mass is 313 g/mol.